The SMILES string of the molecule is CCC[CH2][Sn]([CH2]CCC)([CH2]CCC)[c]1cncc(N)n1. The molecule has 0 aromatic carbocycles. The molecule has 3 nitrogen and oxygen atoms in total. The van der Waals surface area contributed by atoms with E-state index in [0.29, 0.717) is 5.82 Å². The average molecular weight is 384 g/mol. The first-order chi connectivity index (χ1) is 9.68. The minimum absolute atomic E-state index is 0.605. The molecule has 0 amide bonds. The first-order valence-electron chi connectivity index (χ1n) is 8.26. The van der Waals surface area contributed by atoms with Gasteiger partial charge in [-0.25, -0.2) is 0 Å². The number of aromatic nitrogens is 2. The van der Waals surface area contributed by atoms with Gasteiger partial charge in [0.15, 0.2) is 0 Å². The van der Waals surface area contributed by atoms with E-state index in [4.69, 9.17) is 10.7 Å². The Morgan fingerprint density at radius 1 is 0.900 bits per heavy atom. The van der Waals surface area contributed by atoms with E-state index in [1.807, 2.05) is 6.20 Å². The Balaban J connectivity index is 3.04. The van der Waals surface area contributed by atoms with E-state index in [1.165, 1.54) is 55.5 Å². The monoisotopic (exact) mass is 385 g/mol. The molecule has 0 bridgehead atoms. The van der Waals surface area contributed by atoms with Gasteiger partial charge in [-0.15, -0.1) is 0 Å². The van der Waals surface area contributed by atoms with Crippen LogP contribution in [0, 0.1) is 0 Å². The third-order valence-corrected chi connectivity index (χ3v) is 19.2. The normalized spacial score (nSPS) is 11.8. The summed E-state index contributed by atoms with van der Waals surface area (Å²) in [5, 5.41) is 0. The summed E-state index contributed by atoms with van der Waals surface area (Å²) in [4.78, 5) is 9.05. The molecule has 1 aromatic heterocycles. The number of unbranched alkanes of at least 4 members (excludes halogenated alkanes) is 3. The van der Waals surface area contributed by atoms with Crippen LogP contribution in [-0.4, -0.2) is 28.3 Å². The summed E-state index contributed by atoms with van der Waals surface area (Å²) in [6.07, 6.45) is 11.6. The van der Waals surface area contributed by atoms with E-state index in [0.717, 1.165) is 0 Å². The molecule has 0 unspecified atom stereocenters. The van der Waals surface area contributed by atoms with Crippen molar-refractivity contribution in [1.29, 1.82) is 0 Å². The fourth-order valence-electron chi connectivity index (χ4n) is 2.94. The van der Waals surface area contributed by atoms with E-state index >= 15 is 0 Å². The molecule has 0 aliphatic heterocycles. The van der Waals surface area contributed by atoms with Crippen molar-refractivity contribution in [2.24, 2.45) is 0 Å². The molecule has 2 N–H and O–H groups in total. The molecule has 1 heterocycles. The fourth-order valence-corrected chi connectivity index (χ4v) is 18.1. The summed E-state index contributed by atoms with van der Waals surface area (Å²) < 4.78 is 5.59. The Hall–Kier alpha value is -0.321. The number of hydrogen-bond donors (Lipinski definition) is 1. The molecule has 114 valence electrons. The Labute approximate surface area is 128 Å². The predicted molar refractivity (Wildman–Crippen MR) is 91.0 cm³/mol. The van der Waals surface area contributed by atoms with Crippen LogP contribution >= 0.6 is 0 Å². The van der Waals surface area contributed by atoms with E-state index < -0.39 is 18.4 Å². The van der Waals surface area contributed by atoms with Crippen molar-refractivity contribution in [2.45, 2.75) is 72.6 Å². The third-order valence-electron chi connectivity index (χ3n) is 4.22. The molecule has 0 atom stereocenters. The Kier molecular flexibility index (Phi) is 8.50. The van der Waals surface area contributed by atoms with E-state index in [2.05, 4.69) is 25.8 Å². The maximum absolute atomic E-state index is 5.90. The average Bonchev–Trinajstić information content (AvgIpc) is 2.47. The summed E-state index contributed by atoms with van der Waals surface area (Å²) in [5.74, 6) is 0.605. The van der Waals surface area contributed by atoms with Crippen molar-refractivity contribution in [1.82, 2.24) is 9.97 Å². The molecule has 1 rings (SSSR count). The van der Waals surface area contributed by atoms with Crippen LogP contribution in [0.4, 0.5) is 5.82 Å². The molecule has 0 saturated carbocycles. The van der Waals surface area contributed by atoms with E-state index in [9.17, 15) is 0 Å². The van der Waals surface area contributed by atoms with Crippen molar-refractivity contribution in [3.05, 3.63) is 12.4 Å². The minimum atomic E-state index is -2.39. The van der Waals surface area contributed by atoms with Crippen LogP contribution in [0.5, 0.6) is 0 Å². The zero-order chi connectivity index (χ0) is 14.8. The van der Waals surface area contributed by atoms with Gasteiger partial charge in [0.1, 0.15) is 0 Å². The summed E-state index contributed by atoms with van der Waals surface area (Å²) >= 11 is -2.39. The summed E-state index contributed by atoms with van der Waals surface area (Å²) in [5.41, 5.74) is 5.90. The molecule has 0 aliphatic rings. The van der Waals surface area contributed by atoms with Crippen molar-refractivity contribution in [3.8, 4) is 0 Å². The zero-order valence-corrected chi connectivity index (χ0v) is 16.3. The number of anilines is 1. The molecule has 1 aromatic rings. The van der Waals surface area contributed by atoms with Crippen LogP contribution in [0.15, 0.2) is 12.4 Å². The summed E-state index contributed by atoms with van der Waals surface area (Å²) in [6, 6.07) is 0. The van der Waals surface area contributed by atoms with Crippen molar-refractivity contribution < 1.29 is 0 Å². The molecule has 0 aliphatic carbocycles. The molecule has 0 radical (unpaired) electrons. The molecule has 0 spiro atoms. The number of nitrogen functional groups attached to an aromatic ring is 1. The van der Waals surface area contributed by atoms with Gasteiger partial charge in [0.2, 0.25) is 0 Å². The second-order valence-corrected chi connectivity index (χ2v) is 19.0. The fraction of sp³-hybridized carbons (Fsp3) is 0.750. The second kappa shape index (κ2) is 9.59. The van der Waals surface area contributed by atoms with Crippen molar-refractivity contribution in [2.75, 3.05) is 5.73 Å². The van der Waals surface area contributed by atoms with E-state index in [-0.39, 0.29) is 0 Å². The van der Waals surface area contributed by atoms with Crippen molar-refractivity contribution in [3.63, 3.8) is 0 Å². The quantitative estimate of drug-likeness (QED) is 0.618. The zero-order valence-electron chi connectivity index (χ0n) is 13.5. The standard InChI is InChI=1S/C4H4N3.3C4H9.Sn/c5-4-3-6-1-2-7-4;3*1-3-4-2;/h1,3H,(H2,5,7);3*1,3-4H2,2H3;. The maximum atomic E-state index is 5.90. The molecule has 4 heteroatoms. The second-order valence-electron chi connectivity index (χ2n) is 5.92. The summed E-state index contributed by atoms with van der Waals surface area (Å²) in [6.45, 7) is 6.88. The summed E-state index contributed by atoms with van der Waals surface area (Å²) in [7, 11) is 0. The Morgan fingerprint density at radius 2 is 1.40 bits per heavy atom. The van der Waals surface area contributed by atoms with Gasteiger partial charge in [-0.3, -0.25) is 0 Å². The van der Waals surface area contributed by atoms with Gasteiger partial charge in [-0.1, -0.05) is 0 Å². The van der Waals surface area contributed by atoms with Crippen LogP contribution < -0.4 is 9.44 Å². The van der Waals surface area contributed by atoms with Crippen LogP contribution in [-0.2, 0) is 0 Å². The molecule has 20 heavy (non-hydrogen) atoms. The topological polar surface area (TPSA) is 51.8 Å². The van der Waals surface area contributed by atoms with Gasteiger partial charge in [0.25, 0.3) is 0 Å². The van der Waals surface area contributed by atoms with Gasteiger partial charge in [-0.05, 0) is 0 Å². The van der Waals surface area contributed by atoms with Gasteiger partial charge >= 0.3 is 129 Å². The van der Waals surface area contributed by atoms with Crippen LogP contribution in [0.1, 0.15) is 59.3 Å². The molecule has 0 saturated heterocycles. The predicted octanol–water partition coefficient (Wildman–Crippen LogP) is 4.11. The van der Waals surface area contributed by atoms with Gasteiger partial charge < -0.3 is 0 Å². The third kappa shape index (κ3) is 5.23. The van der Waals surface area contributed by atoms with Crippen LogP contribution in [0.25, 0.3) is 0 Å². The first kappa shape index (κ1) is 17.7. The van der Waals surface area contributed by atoms with E-state index in [1.54, 1.807) is 6.20 Å². The van der Waals surface area contributed by atoms with Crippen LogP contribution in [0.3, 0.4) is 0 Å². The number of hydrogen-bond acceptors (Lipinski definition) is 3. The number of nitrogens with two attached hydrogens (primary N) is 1. The van der Waals surface area contributed by atoms with Crippen LogP contribution in [0.2, 0.25) is 13.3 Å². The van der Waals surface area contributed by atoms with Gasteiger partial charge in [0.05, 0.1) is 0 Å². The Morgan fingerprint density at radius 3 is 1.80 bits per heavy atom. The Bertz CT molecular complexity index is 360. The van der Waals surface area contributed by atoms with Gasteiger partial charge in [-0.2, -0.15) is 0 Å². The molecular weight excluding hydrogens is 353 g/mol. The number of rotatable bonds is 10. The molecule has 0 fully saturated rings. The van der Waals surface area contributed by atoms with Crippen molar-refractivity contribution >= 4 is 27.9 Å². The molecular formula is C16H31N3Sn. The number of nitrogens with zero attached hydrogens (tertiary/aromatic N) is 2. The van der Waals surface area contributed by atoms with Gasteiger partial charge in [0, 0.05) is 0 Å². The first-order valence-corrected chi connectivity index (χ1v) is 15.7.